The molecule has 0 fully saturated rings. The van der Waals surface area contributed by atoms with Crippen molar-refractivity contribution in [2.75, 3.05) is 7.11 Å². The van der Waals surface area contributed by atoms with Crippen LogP contribution in [0.5, 0.6) is 5.75 Å². The first-order valence-corrected chi connectivity index (χ1v) is 9.78. The molecule has 0 saturated heterocycles. The number of rotatable bonds is 6. The zero-order valence-corrected chi connectivity index (χ0v) is 16.7. The maximum Gasteiger partial charge on any atom is 0.226 e. The van der Waals surface area contributed by atoms with Gasteiger partial charge in [-0.2, -0.15) is 0 Å². The third-order valence-corrected chi connectivity index (χ3v) is 5.12. The van der Waals surface area contributed by atoms with Crippen LogP contribution in [0.25, 0.3) is 17.1 Å². The molecule has 7 nitrogen and oxygen atoms in total. The molecule has 0 amide bonds. The van der Waals surface area contributed by atoms with Crippen molar-refractivity contribution in [3.05, 3.63) is 65.3 Å². The van der Waals surface area contributed by atoms with Crippen LogP contribution in [0.3, 0.4) is 0 Å². The highest BCUT2D eigenvalue weighted by Gasteiger charge is 2.19. The van der Waals surface area contributed by atoms with E-state index in [1.165, 1.54) is 11.8 Å². The van der Waals surface area contributed by atoms with Crippen molar-refractivity contribution in [2.24, 2.45) is 0 Å². The second-order valence-corrected chi connectivity index (χ2v) is 7.20. The lowest BCUT2D eigenvalue weighted by atomic mass is 10.2. The largest absolute Gasteiger partial charge is 0.496 e. The summed E-state index contributed by atoms with van der Waals surface area (Å²) in [6, 6.07) is 15.2. The lowest BCUT2D eigenvalue weighted by Gasteiger charge is -2.12. The van der Waals surface area contributed by atoms with Crippen molar-refractivity contribution in [2.45, 2.75) is 17.8 Å². The van der Waals surface area contributed by atoms with Crippen molar-refractivity contribution in [1.29, 1.82) is 0 Å². The molecule has 0 aliphatic carbocycles. The van der Waals surface area contributed by atoms with E-state index in [9.17, 15) is 0 Å². The molecule has 0 aliphatic rings. The van der Waals surface area contributed by atoms with Crippen LogP contribution in [-0.4, -0.2) is 32.1 Å². The number of hydrogen-bond donors (Lipinski definition) is 0. The van der Waals surface area contributed by atoms with Gasteiger partial charge < -0.3 is 9.15 Å². The number of aromatic nitrogens is 5. The highest BCUT2D eigenvalue weighted by atomic mass is 35.5. The number of methoxy groups -OCH3 is 1. The predicted octanol–water partition coefficient (Wildman–Crippen LogP) is 4.58. The number of para-hydroxylation sites is 1. The van der Waals surface area contributed by atoms with Gasteiger partial charge in [0.15, 0.2) is 11.0 Å². The van der Waals surface area contributed by atoms with E-state index in [-0.39, 0.29) is 0 Å². The Morgan fingerprint density at radius 2 is 1.82 bits per heavy atom. The fraction of sp³-hybridized carbons (Fsp3) is 0.158. The van der Waals surface area contributed by atoms with Crippen LogP contribution in [0.2, 0.25) is 5.02 Å². The Morgan fingerprint density at radius 3 is 2.54 bits per heavy atom. The second kappa shape index (κ2) is 8.04. The number of benzene rings is 2. The van der Waals surface area contributed by atoms with Crippen molar-refractivity contribution in [3.63, 3.8) is 0 Å². The van der Waals surface area contributed by atoms with E-state index in [1.807, 2.05) is 53.1 Å². The lowest BCUT2D eigenvalue weighted by molar-refractivity contribution is 0.416. The maximum absolute atomic E-state index is 6.07. The minimum atomic E-state index is 0.485. The fourth-order valence-electron chi connectivity index (χ4n) is 2.71. The number of aryl methyl sites for hydroxylation is 1. The average molecular weight is 414 g/mol. The van der Waals surface area contributed by atoms with Crippen LogP contribution in [0, 0.1) is 6.92 Å². The highest BCUT2D eigenvalue weighted by molar-refractivity contribution is 7.98. The van der Waals surface area contributed by atoms with E-state index < -0.39 is 0 Å². The SMILES string of the molecule is COc1ccccc1-c1nnc(SCc2nnc(C)o2)n1-c1ccc(Cl)cc1. The number of halogens is 1. The van der Waals surface area contributed by atoms with E-state index in [0.717, 1.165) is 11.3 Å². The van der Waals surface area contributed by atoms with E-state index >= 15 is 0 Å². The quantitative estimate of drug-likeness (QED) is 0.428. The van der Waals surface area contributed by atoms with Gasteiger partial charge in [-0.3, -0.25) is 4.57 Å². The van der Waals surface area contributed by atoms with Gasteiger partial charge in [0.1, 0.15) is 5.75 Å². The van der Waals surface area contributed by atoms with Crippen molar-refractivity contribution >= 4 is 23.4 Å². The van der Waals surface area contributed by atoms with E-state index in [0.29, 0.717) is 39.3 Å². The van der Waals surface area contributed by atoms with Gasteiger partial charge in [-0.1, -0.05) is 35.5 Å². The molecular weight excluding hydrogens is 398 g/mol. The van der Waals surface area contributed by atoms with Gasteiger partial charge in [-0.15, -0.1) is 20.4 Å². The molecule has 28 heavy (non-hydrogen) atoms. The van der Waals surface area contributed by atoms with Crippen LogP contribution >= 0.6 is 23.4 Å². The molecule has 0 bridgehead atoms. The van der Waals surface area contributed by atoms with E-state index in [4.69, 9.17) is 20.8 Å². The van der Waals surface area contributed by atoms with Gasteiger partial charge in [0.2, 0.25) is 11.8 Å². The Morgan fingerprint density at radius 1 is 1.04 bits per heavy atom. The summed E-state index contributed by atoms with van der Waals surface area (Å²) in [5, 5.41) is 18.1. The second-order valence-electron chi connectivity index (χ2n) is 5.82. The maximum atomic E-state index is 6.07. The molecule has 0 unspecified atom stereocenters. The molecule has 4 aromatic rings. The normalized spacial score (nSPS) is 11.0. The first-order valence-electron chi connectivity index (χ1n) is 8.42. The van der Waals surface area contributed by atoms with Gasteiger partial charge in [0.05, 0.1) is 18.4 Å². The Hall–Kier alpha value is -2.84. The number of hydrogen-bond acceptors (Lipinski definition) is 7. The van der Waals surface area contributed by atoms with E-state index in [1.54, 1.807) is 14.0 Å². The summed E-state index contributed by atoms with van der Waals surface area (Å²) >= 11 is 7.53. The Kier molecular flexibility index (Phi) is 5.31. The first kappa shape index (κ1) is 18.5. The Bertz CT molecular complexity index is 1090. The van der Waals surface area contributed by atoms with Gasteiger partial charge in [0, 0.05) is 17.6 Å². The first-order chi connectivity index (χ1) is 13.7. The van der Waals surface area contributed by atoms with Crippen molar-refractivity contribution in [3.8, 4) is 22.8 Å². The minimum absolute atomic E-state index is 0.485. The third-order valence-electron chi connectivity index (χ3n) is 3.96. The molecule has 2 heterocycles. The fourth-order valence-corrected chi connectivity index (χ4v) is 3.63. The molecule has 0 radical (unpaired) electrons. The van der Waals surface area contributed by atoms with Crippen molar-refractivity contribution < 1.29 is 9.15 Å². The summed E-state index contributed by atoms with van der Waals surface area (Å²) in [7, 11) is 1.63. The standard InChI is InChI=1S/C19H16ClN5O2S/c1-12-21-22-17(27-12)11-28-19-24-23-18(15-5-3-4-6-16(15)26-2)25(19)14-9-7-13(20)8-10-14/h3-10H,11H2,1-2H3. The van der Waals surface area contributed by atoms with Crippen LogP contribution < -0.4 is 4.74 Å². The average Bonchev–Trinajstić information content (AvgIpc) is 3.33. The Balaban J connectivity index is 1.78. The molecular formula is C19H16ClN5O2S. The molecule has 4 rings (SSSR count). The van der Waals surface area contributed by atoms with Gasteiger partial charge in [-0.05, 0) is 36.4 Å². The van der Waals surface area contributed by atoms with E-state index in [2.05, 4.69) is 20.4 Å². The van der Waals surface area contributed by atoms with Crippen molar-refractivity contribution in [1.82, 2.24) is 25.0 Å². The van der Waals surface area contributed by atoms with Gasteiger partial charge in [-0.25, -0.2) is 0 Å². The summed E-state index contributed by atoms with van der Waals surface area (Å²) in [5.74, 6) is 2.94. The third kappa shape index (κ3) is 3.74. The molecule has 142 valence electrons. The monoisotopic (exact) mass is 413 g/mol. The summed E-state index contributed by atoms with van der Waals surface area (Å²) in [6.45, 7) is 1.76. The highest BCUT2D eigenvalue weighted by Crippen LogP contribution is 2.34. The van der Waals surface area contributed by atoms with Crippen LogP contribution in [0.1, 0.15) is 11.8 Å². The molecule has 0 aliphatic heterocycles. The summed E-state index contributed by atoms with van der Waals surface area (Å²) in [5.41, 5.74) is 1.73. The molecule has 2 aromatic carbocycles. The zero-order valence-electron chi connectivity index (χ0n) is 15.2. The lowest BCUT2D eigenvalue weighted by Crippen LogP contribution is -2.01. The van der Waals surface area contributed by atoms with Crippen LogP contribution in [0.4, 0.5) is 0 Å². The molecule has 2 aromatic heterocycles. The minimum Gasteiger partial charge on any atom is -0.496 e. The summed E-state index contributed by atoms with van der Waals surface area (Å²) < 4.78 is 12.9. The number of nitrogens with zero attached hydrogens (tertiary/aromatic N) is 5. The van der Waals surface area contributed by atoms with Gasteiger partial charge in [0.25, 0.3) is 0 Å². The Labute approximate surface area is 170 Å². The smallest absolute Gasteiger partial charge is 0.226 e. The molecule has 0 saturated carbocycles. The molecule has 0 spiro atoms. The van der Waals surface area contributed by atoms with Gasteiger partial charge >= 0.3 is 0 Å². The number of ether oxygens (including phenoxy) is 1. The number of thioether (sulfide) groups is 1. The summed E-state index contributed by atoms with van der Waals surface area (Å²) in [4.78, 5) is 0. The predicted molar refractivity (Wildman–Crippen MR) is 107 cm³/mol. The zero-order chi connectivity index (χ0) is 19.5. The van der Waals surface area contributed by atoms with Crippen LogP contribution in [-0.2, 0) is 5.75 Å². The molecule has 9 heteroatoms. The molecule has 0 N–H and O–H groups in total. The molecule has 0 atom stereocenters. The topological polar surface area (TPSA) is 78.9 Å². The van der Waals surface area contributed by atoms with Crippen LogP contribution in [0.15, 0.2) is 58.1 Å². The summed E-state index contributed by atoms with van der Waals surface area (Å²) in [6.07, 6.45) is 0.